The lowest BCUT2D eigenvalue weighted by molar-refractivity contribution is -0.138. The van der Waals surface area contributed by atoms with Crippen molar-refractivity contribution in [3.8, 4) is 0 Å². The van der Waals surface area contributed by atoms with Crippen LogP contribution in [0.4, 0.5) is 0 Å². The van der Waals surface area contributed by atoms with Crippen molar-refractivity contribution in [2.24, 2.45) is 0 Å². The minimum absolute atomic E-state index is 0.338. The highest BCUT2D eigenvalue weighted by Crippen LogP contribution is 1.94. The van der Waals surface area contributed by atoms with E-state index in [4.69, 9.17) is 4.74 Å². The first-order valence-electron chi connectivity index (χ1n) is 5.68. The number of aryl methyl sites for hydroxylation is 1. The van der Waals surface area contributed by atoms with Gasteiger partial charge in [0.1, 0.15) is 0 Å². The van der Waals surface area contributed by atoms with Crippen LogP contribution in [0.1, 0.15) is 12.5 Å². The maximum atomic E-state index is 11.2. The predicted molar refractivity (Wildman–Crippen MR) is 65.6 cm³/mol. The Bertz CT molecular complexity index is 385. The fourth-order valence-corrected chi connectivity index (χ4v) is 1.33. The molecular formula is C12H19N3O2. The minimum Gasteiger partial charge on any atom is -0.463 e. The van der Waals surface area contributed by atoms with Crippen molar-refractivity contribution in [1.29, 1.82) is 0 Å². The SMILES string of the molecule is C=C(CNCCn1cc(C)cn1)C(=O)OCC. The number of ether oxygens (including phenoxy) is 1. The van der Waals surface area contributed by atoms with Crippen LogP contribution in [0.3, 0.4) is 0 Å². The Morgan fingerprint density at radius 3 is 3.00 bits per heavy atom. The summed E-state index contributed by atoms with van der Waals surface area (Å²) in [4.78, 5) is 11.2. The molecule has 0 amide bonds. The third kappa shape index (κ3) is 4.82. The molecule has 0 aliphatic carbocycles. The lowest BCUT2D eigenvalue weighted by Gasteiger charge is -2.07. The van der Waals surface area contributed by atoms with E-state index in [1.165, 1.54) is 0 Å². The first-order chi connectivity index (χ1) is 8.13. The van der Waals surface area contributed by atoms with Gasteiger partial charge in [0.05, 0.1) is 19.3 Å². The summed E-state index contributed by atoms with van der Waals surface area (Å²) in [5.74, 6) is -0.338. The average Bonchev–Trinajstić information content (AvgIpc) is 2.70. The molecule has 17 heavy (non-hydrogen) atoms. The van der Waals surface area contributed by atoms with Gasteiger partial charge in [-0.2, -0.15) is 5.10 Å². The first kappa shape index (κ1) is 13.4. The minimum atomic E-state index is -0.338. The van der Waals surface area contributed by atoms with Crippen molar-refractivity contribution in [1.82, 2.24) is 15.1 Å². The molecule has 0 atom stereocenters. The average molecular weight is 237 g/mol. The van der Waals surface area contributed by atoms with Crippen LogP contribution in [-0.2, 0) is 16.1 Å². The molecule has 5 nitrogen and oxygen atoms in total. The van der Waals surface area contributed by atoms with Gasteiger partial charge in [0.15, 0.2) is 0 Å². The van der Waals surface area contributed by atoms with E-state index in [0.29, 0.717) is 18.7 Å². The molecule has 1 N–H and O–H groups in total. The maximum absolute atomic E-state index is 11.2. The van der Waals surface area contributed by atoms with E-state index in [-0.39, 0.29) is 5.97 Å². The van der Waals surface area contributed by atoms with Crippen LogP contribution in [-0.4, -0.2) is 35.4 Å². The highest BCUT2D eigenvalue weighted by atomic mass is 16.5. The molecular weight excluding hydrogens is 218 g/mol. The fourth-order valence-electron chi connectivity index (χ4n) is 1.33. The van der Waals surface area contributed by atoms with E-state index in [0.717, 1.165) is 18.7 Å². The van der Waals surface area contributed by atoms with Gasteiger partial charge >= 0.3 is 5.97 Å². The Morgan fingerprint density at radius 1 is 1.65 bits per heavy atom. The fraction of sp³-hybridized carbons (Fsp3) is 0.500. The Hall–Kier alpha value is -1.62. The molecule has 0 aromatic carbocycles. The summed E-state index contributed by atoms with van der Waals surface area (Å²) >= 11 is 0. The van der Waals surface area contributed by atoms with Crippen LogP contribution in [0, 0.1) is 6.92 Å². The van der Waals surface area contributed by atoms with E-state index in [9.17, 15) is 4.79 Å². The van der Waals surface area contributed by atoms with Gasteiger partial charge in [-0.1, -0.05) is 6.58 Å². The van der Waals surface area contributed by atoms with Crippen LogP contribution in [0.25, 0.3) is 0 Å². The molecule has 1 rings (SSSR count). The summed E-state index contributed by atoms with van der Waals surface area (Å²) in [5.41, 5.74) is 1.59. The zero-order valence-electron chi connectivity index (χ0n) is 10.4. The topological polar surface area (TPSA) is 56.2 Å². The maximum Gasteiger partial charge on any atom is 0.334 e. The second-order valence-electron chi connectivity index (χ2n) is 3.78. The Balaban J connectivity index is 2.16. The molecule has 0 saturated carbocycles. The molecule has 0 aliphatic heterocycles. The van der Waals surface area contributed by atoms with E-state index in [2.05, 4.69) is 17.0 Å². The Morgan fingerprint density at radius 2 is 2.41 bits per heavy atom. The van der Waals surface area contributed by atoms with E-state index in [1.807, 2.05) is 24.0 Å². The first-order valence-corrected chi connectivity index (χ1v) is 5.68. The predicted octanol–water partition coefficient (Wildman–Crippen LogP) is 0.900. The summed E-state index contributed by atoms with van der Waals surface area (Å²) in [6.07, 6.45) is 3.79. The molecule has 0 unspecified atom stereocenters. The van der Waals surface area contributed by atoms with Crippen molar-refractivity contribution in [2.75, 3.05) is 19.7 Å². The zero-order chi connectivity index (χ0) is 12.7. The van der Waals surface area contributed by atoms with Crippen LogP contribution in [0.5, 0.6) is 0 Å². The molecule has 94 valence electrons. The molecule has 5 heteroatoms. The quantitative estimate of drug-likeness (QED) is 0.435. The smallest absolute Gasteiger partial charge is 0.334 e. The third-order valence-corrected chi connectivity index (χ3v) is 2.18. The standard InChI is InChI=1S/C12H19N3O2/c1-4-17-12(16)11(3)8-13-5-6-15-9-10(2)7-14-15/h7,9,13H,3-6,8H2,1-2H3. The molecule has 0 spiro atoms. The summed E-state index contributed by atoms with van der Waals surface area (Å²) in [6.45, 7) is 9.76. The number of rotatable bonds is 7. The Labute approximate surface area is 101 Å². The number of carbonyl (C=O) groups excluding carboxylic acids is 1. The second-order valence-corrected chi connectivity index (χ2v) is 3.78. The molecule has 0 saturated heterocycles. The number of hydrogen-bond donors (Lipinski definition) is 1. The zero-order valence-corrected chi connectivity index (χ0v) is 10.4. The van der Waals surface area contributed by atoms with Gasteiger partial charge in [-0.05, 0) is 19.4 Å². The number of hydrogen-bond acceptors (Lipinski definition) is 4. The van der Waals surface area contributed by atoms with Gasteiger partial charge in [0.2, 0.25) is 0 Å². The molecule has 1 aromatic heterocycles. The molecule has 0 fully saturated rings. The van der Waals surface area contributed by atoms with Crippen molar-refractivity contribution in [3.05, 3.63) is 30.1 Å². The number of nitrogens with zero attached hydrogens (tertiary/aromatic N) is 2. The highest BCUT2D eigenvalue weighted by Gasteiger charge is 2.06. The van der Waals surface area contributed by atoms with Gasteiger partial charge < -0.3 is 10.1 Å². The van der Waals surface area contributed by atoms with E-state index >= 15 is 0 Å². The summed E-state index contributed by atoms with van der Waals surface area (Å²) in [5, 5.41) is 7.28. The number of aromatic nitrogens is 2. The third-order valence-electron chi connectivity index (χ3n) is 2.18. The molecule has 1 heterocycles. The second kappa shape index (κ2) is 6.85. The van der Waals surface area contributed by atoms with Gasteiger partial charge in [-0.3, -0.25) is 4.68 Å². The van der Waals surface area contributed by atoms with Crippen molar-refractivity contribution in [2.45, 2.75) is 20.4 Å². The highest BCUT2D eigenvalue weighted by molar-refractivity contribution is 5.88. The van der Waals surface area contributed by atoms with E-state index in [1.54, 1.807) is 6.92 Å². The summed E-state index contributed by atoms with van der Waals surface area (Å²) in [7, 11) is 0. The number of nitrogens with one attached hydrogen (secondary N) is 1. The van der Waals surface area contributed by atoms with Crippen molar-refractivity contribution >= 4 is 5.97 Å². The van der Waals surface area contributed by atoms with E-state index < -0.39 is 0 Å². The molecule has 1 aromatic rings. The van der Waals surface area contributed by atoms with Crippen molar-refractivity contribution < 1.29 is 9.53 Å². The van der Waals surface area contributed by atoms with Crippen molar-refractivity contribution in [3.63, 3.8) is 0 Å². The summed E-state index contributed by atoms with van der Waals surface area (Å²) in [6, 6.07) is 0. The van der Waals surface area contributed by atoms with Gasteiger partial charge in [-0.15, -0.1) is 0 Å². The van der Waals surface area contributed by atoms with Crippen LogP contribution in [0.15, 0.2) is 24.5 Å². The lowest BCUT2D eigenvalue weighted by Crippen LogP contribution is -2.25. The van der Waals surface area contributed by atoms with Crippen LogP contribution >= 0.6 is 0 Å². The van der Waals surface area contributed by atoms with Gasteiger partial charge in [0, 0.05) is 24.9 Å². The lowest BCUT2D eigenvalue weighted by atomic mass is 10.3. The van der Waals surface area contributed by atoms with Gasteiger partial charge in [-0.25, -0.2) is 4.79 Å². The largest absolute Gasteiger partial charge is 0.463 e. The number of esters is 1. The Kier molecular flexibility index (Phi) is 5.42. The summed E-state index contributed by atoms with van der Waals surface area (Å²) < 4.78 is 6.68. The molecule has 0 radical (unpaired) electrons. The number of carbonyl (C=O) groups is 1. The van der Waals surface area contributed by atoms with Gasteiger partial charge in [0.25, 0.3) is 0 Å². The normalized spacial score (nSPS) is 10.2. The van der Waals surface area contributed by atoms with Crippen LogP contribution < -0.4 is 5.32 Å². The molecule has 0 aliphatic rings. The monoisotopic (exact) mass is 237 g/mol. The molecule has 0 bridgehead atoms. The van der Waals surface area contributed by atoms with Crippen LogP contribution in [0.2, 0.25) is 0 Å².